The second kappa shape index (κ2) is 6.84. The van der Waals surface area contributed by atoms with Crippen LogP contribution < -0.4 is 17.0 Å². The van der Waals surface area contributed by atoms with Crippen LogP contribution in [0.15, 0.2) is 23.0 Å². The number of anilines is 1. The van der Waals surface area contributed by atoms with Crippen molar-refractivity contribution in [3.05, 3.63) is 50.8 Å². The molecule has 1 aromatic carbocycles. The van der Waals surface area contributed by atoms with Crippen LogP contribution in [0.2, 0.25) is 0 Å². The molecule has 0 unspecified atom stereocenters. The number of rotatable bonds is 3. The van der Waals surface area contributed by atoms with E-state index in [0.717, 1.165) is 5.56 Å². The summed E-state index contributed by atoms with van der Waals surface area (Å²) in [5.74, 6) is -0.691. The summed E-state index contributed by atoms with van der Waals surface area (Å²) in [6.07, 6.45) is 1.38. The molecule has 1 aromatic heterocycles. The van der Waals surface area contributed by atoms with Gasteiger partial charge in [0.15, 0.2) is 0 Å². The molecular formula is C19H23N3O4. The number of aromatic hydroxyl groups is 1. The number of hydrogen-bond acceptors (Lipinski definition) is 5. The van der Waals surface area contributed by atoms with E-state index in [1.165, 1.54) is 10.6 Å². The predicted molar refractivity (Wildman–Crippen MR) is 98.9 cm³/mol. The van der Waals surface area contributed by atoms with Crippen LogP contribution in [0, 0.1) is 13.8 Å². The van der Waals surface area contributed by atoms with E-state index in [1.807, 2.05) is 6.92 Å². The summed E-state index contributed by atoms with van der Waals surface area (Å²) in [5.41, 5.74) is 13.7. The molecule has 5 N–H and O–H groups in total. The van der Waals surface area contributed by atoms with Crippen LogP contribution in [0.5, 0.6) is 5.75 Å². The largest absolute Gasteiger partial charge is 0.508 e. The Kier molecular flexibility index (Phi) is 4.73. The highest BCUT2D eigenvalue weighted by atomic mass is 16.5. The molecule has 0 atom stereocenters. The van der Waals surface area contributed by atoms with Crippen molar-refractivity contribution < 1.29 is 14.6 Å². The third kappa shape index (κ3) is 2.94. The molecule has 26 heavy (non-hydrogen) atoms. The van der Waals surface area contributed by atoms with E-state index >= 15 is 0 Å². The first-order chi connectivity index (χ1) is 12.3. The standard InChI is InChI=1S/C19H23N3O4/c1-10-3-4-15(23)11(2)16(10)22-17(20)14(18(21)24)9-13(19(22)25)12-5-7-26-8-6-12/h3-4,9,12,23H,5-8,20H2,1-2H3,(H2,21,24). The van der Waals surface area contributed by atoms with E-state index in [-0.39, 0.29) is 28.6 Å². The zero-order chi connectivity index (χ0) is 19.0. The summed E-state index contributed by atoms with van der Waals surface area (Å²) in [6, 6.07) is 4.78. The lowest BCUT2D eigenvalue weighted by molar-refractivity contribution is 0.0850. The summed E-state index contributed by atoms with van der Waals surface area (Å²) in [7, 11) is 0. The number of carbonyl (C=O) groups excluding carboxylic acids is 1. The Balaban J connectivity index is 2.35. The maximum Gasteiger partial charge on any atom is 0.260 e. The Bertz CT molecular complexity index is 927. The monoisotopic (exact) mass is 357 g/mol. The molecule has 0 saturated carbocycles. The lowest BCUT2D eigenvalue weighted by atomic mass is 9.91. The van der Waals surface area contributed by atoms with Crippen molar-refractivity contribution in [2.45, 2.75) is 32.6 Å². The molecule has 2 heterocycles. The summed E-state index contributed by atoms with van der Waals surface area (Å²) in [6.45, 7) is 4.64. The molecule has 138 valence electrons. The zero-order valence-corrected chi connectivity index (χ0v) is 14.9. The van der Waals surface area contributed by atoms with Gasteiger partial charge in [-0.15, -0.1) is 0 Å². The average molecular weight is 357 g/mol. The molecular weight excluding hydrogens is 334 g/mol. The maximum atomic E-state index is 13.3. The number of phenols is 1. The normalized spacial score (nSPS) is 15.2. The molecule has 2 aromatic rings. The molecule has 0 radical (unpaired) electrons. The lowest BCUT2D eigenvalue weighted by Gasteiger charge is -2.25. The topological polar surface area (TPSA) is 121 Å². The van der Waals surface area contributed by atoms with Crippen molar-refractivity contribution >= 4 is 11.7 Å². The molecule has 0 aliphatic carbocycles. The van der Waals surface area contributed by atoms with E-state index < -0.39 is 5.91 Å². The minimum atomic E-state index is -0.694. The van der Waals surface area contributed by atoms with E-state index in [4.69, 9.17) is 16.2 Å². The molecule has 3 rings (SSSR count). The van der Waals surface area contributed by atoms with Crippen LogP contribution in [0.1, 0.15) is 45.8 Å². The van der Waals surface area contributed by atoms with E-state index in [9.17, 15) is 14.7 Å². The van der Waals surface area contributed by atoms with Gasteiger partial charge in [0.05, 0.1) is 11.3 Å². The molecule has 1 aliphatic heterocycles. The number of hydrogen-bond donors (Lipinski definition) is 3. The van der Waals surface area contributed by atoms with Gasteiger partial charge in [-0.2, -0.15) is 0 Å². The van der Waals surface area contributed by atoms with Crippen LogP contribution in [-0.4, -0.2) is 28.8 Å². The van der Waals surface area contributed by atoms with E-state index in [1.54, 1.807) is 19.1 Å². The Labute approximate surface area is 151 Å². The molecule has 7 nitrogen and oxygen atoms in total. The number of carbonyl (C=O) groups is 1. The van der Waals surface area contributed by atoms with Crippen molar-refractivity contribution in [3.63, 3.8) is 0 Å². The number of nitrogen functional groups attached to an aromatic ring is 1. The predicted octanol–water partition coefficient (Wildman–Crippen LogP) is 1.74. The highest BCUT2D eigenvalue weighted by Gasteiger charge is 2.25. The first-order valence-electron chi connectivity index (χ1n) is 8.55. The average Bonchev–Trinajstić information content (AvgIpc) is 2.61. The molecule has 1 saturated heterocycles. The number of aromatic nitrogens is 1. The van der Waals surface area contributed by atoms with Crippen LogP contribution in [0.25, 0.3) is 5.69 Å². The number of phenolic OH excluding ortho intramolecular Hbond substituents is 1. The molecule has 1 amide bonds. The highest BCUT2D eigenvalue weighted by molar-refractivity contribution is 5.97. The fraction of sp³-hybridized carbons (Fsp3) is 0.368. The number of ether oxygens (including phenoxy) is 1. The van der Waals surface area contributed by atoms with Crippen molar-refractivity contribution in [1.29, 1.82) is 0 Å². The number of nitrogens with two attached hydrogens (primary N) is 2. The van der Waals surface area contributed by atoms with Crippen molar-refractivity contribution in [1.82, 2.24) is 4.57 Å². The SMILES string of the molecule is Cc1ccc(O)c(C)c1-n1c(N)c(C(N)=O)cc(C2CCOCC2)c1=O. The highest BCUT2D eigenvalue weighted by Crippen LogP contribution is 2.31. The second-order valence-electron chi connectivity index (χ2n) is 6.67. The van der Waals surface area contributed by atoms with E-state index in [0.29, 0.717) is 42.9 Å². The summed E-state index contributed by atoms with van der Waals surface area (Å²) >= 11 is 0. The number of amides is 1. The van der Waals surface area contributed by atoms with Gasteiger partial charge >= 0.3 is 0 Å². The number of aryl methyl sites for hydroxylation is 1. The van der Waals surface area contributed by atoms with Gasteiger partial charge in [-0.25, -0.2) is 0 Å². The van der Waals surface area contributed by atoms with Gasteiger partial charge in [0, 0.05) is 24.3 Å². The molecule has 1 aliphatic rings. The second-order valence-corrected chi connectivity index (χ2v) is 6.67. The van der Waals surface area contributed by atoms with Crippen molar-refractivity contribution in [3.8, 4) is 11.4 Å². The first-order valence-corrected chi connectivity index (χ1v) is 8.55. The van der Waals surface area contributed by atoms with Crippen LogP contribution in [0.4, 0.5) is 5.82 Å². The number of nitrogens with zero attached hydrogens (tertiary/aromatic N) is 1. The summed E-state index contributed by atoms with van der Waals surface area (Å²) in [4.78, 5) is 25.2. The van der Waals surface area contributed by atoms with Gasteiger partial charge in [-0.3, -0.25) is 14.2 Å². The smallest absolute Gasteiger partial charge is 0.260 e. The Morgan fingerprint density at radius 3 is 2.54 bits per heavy atom. The van der Waals surface area contributed by atoms with Gasteiger partial charge in [0.25, 0.3) is 11.5 Å². The Morgan fingerprint density at radius 2 is 1.92 bits per heavy atom. The molecule has 0 bridgehead atoms. The Hall–Kier alpha value is -2.80. The maximum absolute atomic E-state index is 13.3. The van der Waals surface area contributed by atoms with Crippen LogP contribution in [0.3, 0.4) is 0 Å². The first kappa shape index (κ1) is 18.0. The van der Waals surface area contributed by atoms with Gasteiger partial charge in [-0.05, 0) is 50.3 Å². The minimum Gasteiger partial charge on any atom is -0.508 e. The van der Waals surface area contributed by atoms with Gasteiger partial charge < -0.3 is 21.3 Å². The fourth-order valence-corrected chi connectivity index (χ4v) is 3.54. The molecule has 7 heteroatoms. The quantitative estimate of drug-likeness (QED) is 0.772. The number of primary amides is 1. The van der Waals surface area contributed by atoms with Gasteiger partial charge in [0.2, 0.25) is 0 Å². The minimum absolute atomic E-state index is 0.0184. The van der Waals surface area contributed by atoms with Gasteiger partial charge in [0.1, 0.15) is 11.6 Å². The summed E-state index contributed by atoms with van der Waals surface area (Å²) < 4.78 is 6.67. The number of pyridine rings is 1. The van der Waals surface area contributed by atoms with Crippen molar-refractivity contribution in [2.75, 3.05) is 18.9 Å². The molecule has 1 fully saturated rings. The lowest BCUT2D eigenvalue weighted by Crippen LogP contribution is -2.32. The van der Waals surface area contributed by atoms with Crippen LogP contribution >= 0.6 is 0 Å². The van der Waals surface area contributed by atoms with Gasteiger partial charge in [-0.1, -0.05) is 6.07 Å². The third-order valence-corrected chi connectivity index (χ3v) is 5.02. The Morgan fingerprint density at radius 1 is 1.27 bits per heavy atom. The van der Waals surface area contributed by atoms with Crippen molar-refractivity contribution in [2.24, 2.45) is 5.73 Å². The molecule has 0 spiro atoms. The van der Waals surface area contributed by atoms with Crippen LogP contribution in [-0.2, 0) is 4.74 Å². The zero-order valence-electron chi connectivity index (χ0n) is 14.9. The van der Waals surface area contributed by atoms with E-state index in [2.05, 4.69) is 0 Å². The fourth-order valence-electron chi connectivity index (χ4n) is 3.54. The summed E-state index contributed by atoms with van der Waals surface area (Å²) in [5, 5.41) is 10.1. The third-order valence-electron chi connectivity index (χ3n) is 5.02. The number of benzene rings is 1.